The van der Waals surface area contributed by atoms with Crippen molar-refractivity contribution in [3.63, 3.8) is 0 Å². The summed E-state index contributed by atoms with van der Waals surface area (Å²) in [6, 6.07) is 9.48. The fourth-order valence-electron chi connectivity index (χ4n) is 1.55. The van der Waals surface area contributed by atoms with Gasteiger partial charge in [0.05, 0.1) is 13.2 Å². The van der Waals surface area contributed by atoms with E-state index in [9.17, 15) is 9.59 Å². The molecule has 0 aliphatic heterocycles. The van der Waals surface area contributed by atoms with Gasteiger partial charge in [-0.05, 0) is 11.6 Å². The quantitative estimate of drug-likeness (QED) is 0.737. The van der Waals surface area contributed by atoms with Gasteiger partial charge < -0.3 is 4.74 Å². The molecule has 4 heteroatoms. The maximum absolute atomic E-state index is 12.0. The second kappa shape index (κ2) is 8.21. The van der Waals surface area contributed by atoms with Gasteiger partial charge in [-0.25, -0.2) is 0 Å². The molecule has 19 heavy (non-hydrogen) atoms. The van der Waals surface area contributed by atoms with Crippen molar-refractivity contribution >= 4 is 17.9 Å². The molecule has 0 saturated carbocycles. The highest BCUT2D eigenvalue weighted by atomic mass is 16.5. The van der Waals surface area contributed by atoms with Gasteiger partial charge in [-0.15, -0.1) is 0 Å². The van der Waals surface area contributed by atoms with Crippen molar-refractivity contribution in [2.24, 2.45) is 0 Å². The van der Waals surface area contributed by atoms with Crippen LogP contribution in [0, 0.1) is 0 Å². The SMILES string of the molecule is CCC(=O)N(CCOC)C(=O)C=Cc1ccccc1. The van der Waals surface area contributed by atoms with E-state index in [-0.39, 0.29) is 18.4 Å². The van der Waals surface area contributed by atoms with Gasteiger partial charge in [0.15, 0.2) is 0 Å². The molecule has 2 amide bonds. The molecule has 0 saturated heterocycles. The number of nitrogens with zero attached hydrogens (tertiary/aromatic N) is 1. The summed E-state index contributed by atoms with van der Waals surface area (Å²) in [6.07, 6.45) is 3.41. The Morgan fingerprint density at radius 2 is 1.95 bits per heavy atom. The summed E-state index contributed by atoms with van der Waals surface area (Å²) in [5.74, 6) is -0.507. The molecule has 0 N–H and O–H groups in total. The Morgan fingerprint density at radius 3 is 2.53 bits per heavy atom. The number of imide groups is 1. The van der Waals surface area contributed by atoms with Crippen molar-refractivity contribution in [2.75, 3.05) is 20.3 Å². The third-order valence-corrected chi connectivity index (χ3v) is 2.61. The minimum absolute atomic E-state index is 0.195. The largest absolute Gasteiger partial charge is 0.383 e. The Morgan fingerprint density at radius 1 is 1.26 bits per heavy atom. The molecule has 0 bridgehead atoms. The second-order valence-electron chi connectivity index (χ2n) is 3.97. The number of ether oxygens (including phenoxy) is 1. The van der Waals surface area contributed by atoms with Crippen LogP contribution >= 0.6 is 0 Å². The molecule has 0 aliphatic carbocycles. The van der Waals surface area contributed by atoms with Crippen LogP contribution in [0.15, 0.2) is 36.4 Å². The lowest BCUT2D eigenvalue weighted by atomic mass is 10.2. The van der Waals surface area contributed by atoms with Gasteiger partial charge in [-0.3, -0.25) is 14.5 Å². The van der Waals surface area contributed by atoms with Crippen molar-refractivity contribution in [1.29, 1.82) is 0 Å². The maximum Gasteiger partial charge on any atom is 0.253 e. The number of carbonyl (C=O) groups is 2. The lowest BCUT2D eigenvalue weighted by Gasteiger charge is -2.17. The summed E-state index contributed by atoms with van der Waals surface area (Å²) in [7, 11) is 1.54. The zero-order chi connectivity index (χ0) is 14.1. The van der Waals surface area contributed by atoms with Crippen LogP contribution in [0.5, 0.6) is 0 Å². The zero-order valence-electron chi connectivity index (χ0n) is 11.3. The van der Waals surface area contributed by atoms with E-state index in [4.69, 9.17) is 4.74 Å². The molecular formula is C15H19NO3. The van der Waals surface area contributed by atoms with E-state index in [1.807, 2.05) is 30.3 Å². The Labute approximate surface area is 113 Å². The van der Waals surface area contributed by atoms with Crippen molar-refractivity contribution in [1.82, 2.24) is 4.90 Å². The van der Waals surface area contributed by atoms with Crippen LogP contribution in [0.1, 0.15) is 18.9 Å². The smallest absolute Gasteiger partial charge is 0.253 e. The van der Waals surface area contributed by atoms with Gasteiger partial charge in [-0.2, -0.15) is 0 Å². The van der Waals surface area contributed by atoms with Gasteiger partial charge in [0.2, 0.25) is 5.91 Å². The van der Waals surface area contributed by atoms with Crippen LogP contribution in [0.2, 0.25) is 0 Å². The number of benzene rings is 1. The summed E-state index contributed by atoms with van der Waals surface area (Å²) < 4.78 is 4.91. The average Bonchev–Trinajstić information content (AvgIpc) is 2.46. The van der Waals surface area contributed by atoms with Crippen LogP contribution in [-0.4, -0.2) is 37.0 Å². The molecule has 0 aromatic heterocycles. The highest BCUT2D eigenvalue weighted by Gasteiger charge is 2.16. The van der Waals surface area contributed by atoms with E-state index in [0.717, 1.165) is 5.56 Å². The molecule has 0 atom stereocenters. The monoisotopic (exact) mass is 261 g/mol. The first-order valence-electron chi connectivity index (χ1n) is 6.25. The third-order valence-electron chi connectivity index (χ3n) is 2.61. The number of hydrogen-bond acceptors (Lipinski definition) is 3. The topological polar surface area (TPSA) is 46.6 Å². The van der Waals surface area contributed by atoms with Crippen molar-refractivity contribution in [2.45, 2.75) is 13.3 Å². The van der Waals surface area contributed by atoms with E-state index in [2.05, 4.69) is 0 Å². The maximum atomic E-state index is 12.0. The van der Waals surface area contributed by atoms with E-state index in [1.54, 1.807) is 20.1 Å². The van der Waals surface area contributed by atoms with Crippen LogP contribution in [0.25, 0.3) is 6.08 Å². The summed E-state index contributed by atoms with van der Waals surface area (Å²) in [6.45, 7) is 2.36. The van der Waals surface area contributed by atoms with E-state index < -0.39 is 0 Å². The minimum atomic E-state index is -0.312. The second-order valence-corrected chi connectivity index (χ2v) is 3.97. The molecule has 102 valence electrons. The molecule has 4 nitrogen and oxygen atoms in total. The van der Waals surface area contributed by atoms with Crippen molar-refractivity contribution < 1.29 is 14.3 Å². The van der Waals surface area contributed by atoms with E-state index >= 15 is 0 Å². The molecule has 0 aliphatic rings. The Bertz CT molecular complexity index is 440. The molecule has 0 heterocycles. The van der Waals surface area contributed by atoms with E-state index in [0.29, 0.717) is 13.0 Å². The highest BCUT2D eigenvalue weighted by Crippen LogP contribution is 2.03. The molecule has 0 spiro atoms. The number of rotatable bonds is 6. The molecule has 0 unspecified atom stereocenters. The van der Waals surface area contributed by atoms with Gasteiger partial charge in [0.25, 0.3) is 5.91 Å². The summed E-state index contributed by atoms with van der Waals surface area (Å²) in [5.41, 5.74) is 0.923. The lowest BCUT2D eigenvalue weighted by molar-refractivity contribution is -0.142. The summed E-state index contributed by atoms with van der Waals surface area (Å²) >= 11 is 0. The third kappa shape index (κ3) is 5.06. The lowest BCUT2D eigenvalue weighted by Crippen LogP contribution is -2.37. The van der Waals surface area contributed by atoms with Crippen LogP contribution < -0.4 is 0 Å². The van der Waals surface area contributed by atoms with E-state index in [1.165, 1.54) is 11.0 Å². The number of hydrogen-bond donors (Lipinski definition) is 0. The molecule has 1 aromatic carbocycles. The molecule has 1 aromatic rings. The number of carbonyl (C=O) groups excluding carboxylic acids is 2. The summed E-state index contributed by atoms with van der Waals surface area (Å²) in [4.78, 5) is 24.9. The van der Waals surface area contributed by atoms with Crippen LogP contribution in [-0.2, 0) is 14.3 Å². The fraction of sp³-hybridized carbons (Fsp3) is 0.333. The first-order valence-corrected chi connectivity index (χ1v) is 6.25. The Kier molecular flexibility index (Phi) is 6.53. The van der Waals surface area contributed by atoms with Gasteiger partial charge in [0, 0.05) is 19.6 Å². The summed E-state index contributed by atoms with van der Waals surface area (Å²) in [5, 5.41) is 0. The zero-order valence-corrected chi connectivity index (χ0v) is 11.3. The van der Waals surface area contributed by atoms with Gasteiger partial charge in [0.1, 0.15) is 0 Å². The predicted molar refractivity (Wildman–Crippen MR) is 74.4 cm³/mol. The normalized spacial score (nSPS) is 10.6. The predicted octanol–water partition coefficient (Wildman–Crippen LogP) is 2.11. The standard InChI is InChI=1S/C15H19NO3/c1-3-14(17)16(11-12-19-2)15(18)10-9-13-7-5-4-6-8-13/h4-10H,3,11-12H2,1-2H3. The van der Waals surface area contributed by atoms with Crippen LogP contribution in [0.4, 0.5) is 0 Å². The van der Waals surface area contributed by atoms with Gasteiger partial charge >= 0.3 is 0 Å². The average molecular weight is 261 g/mol. The Hall–Kier alpha value is -1.94. The minimum Gasteiger partial charge on any atom is -0.383 e. The highest BCUT2D eigenvalue weighted by molar-refractivity contribution is 6.02. The van der Waals surface area contributed by atoms with Crippen molar-refractivity contribution in [3.05, 3.63) is 42.0 Å². The van der Waals surface area contributed by atoms with Gasteiger partial charge in [-0.1, -0.05) is 37.3 Å². The first kappa shape index (κ1) is 15.1. The number of amides is 2. The fourth-order valence-corrected chi connectivity index (χ4v) is 1.55. The number of methoxy groups -OCH3 is 1. The molecular weight excluding hydrogens is 242 g/mol. The molecule has 0 radical (unpaired) electrons. The van der Waals surface area contributed by atoms with Crippen LogP contribution in [0.3, 0.4) is 0 Å². The first-order chi connectivity index (χ1) is 9.19. The Balaban J connectivity index is 2.71. The molecule has 0 fully saturated rings. The molecule has 1 rings (SSSR count). The van der Waals surface area contributed by atoms with Crippen molar-refractivity contribution in [3.8, 4) is 0 Å².